The Morgan fingerprint density at radius 2 is 1.87 bits per heavy atom. The minimum Gasteiger partial charge on any atom is -0.493 e. The first-order chi connectivity index (χ1) is 15.0. The summed E-state index contributed by atoms with van der Waals surface area (Å²) in [4.78, 5) is 18.6. The minimum absolute atomic E-state index is 0.0528. The van der Waals surface area contributed by atoms with Crippen molar-refractivity contribution in [3.05, 3.63) is 42.6 Å². The van der Waals surface area contributed by atoms with E-state index in [2.05, 4.69) is 10.3 Å². The van der Waals surface area contributed by atoms with Gasteiger partial charge in [0.15, 0.2) is 11.5 Å². The molecular weight excluding hydrogens is 398 g/mol. The second-order valence-electron chi connectivity index (χ2n) is 7.37. The van der Waals surface area contributed by atoms with Gasteiger partial charge < -0.3 is 24.3 Å². The zero-order valence-electron chi connectivity index (χ0n) is 18.0. The molecule has 3 aromatic rings. The van der Waals surface area contributed by atoms with E-state index in [0.717, 1.165) is 10.9 Å². The van der Waals surface area contributed by atoms with Crippen LogP contribution in [0.2, 0.25) is 0 Å². The molecule has 0 fully saturated rings. The van der Waals surface area contributed by atoms with Crippen LogP contribution in [-0.2, 0) is 0 Å². The Bertz CT molecular complexity index is 1120. The molecule has 1 aliphatic rings. The molecular formula is C23H25N3O5. The van der Waals surface area contributed by atoms with Crippen molar-refractivity contribution in [3.63, 3.8) is 0 Å². The van der Waals surface area contributed by atoms with E-state index >= 15 is 0 Å². The van der Waals surface area contributed by atoms with E-state index in [1.54, 1.807) is 37.4 Å². The summed E-state index contributed by atoms with van der Waals surface area (Å²) < 4.78 is 22.7. The zero-order valence-corrected chi connectivity index (χ0v) is 18.0. The largest absolute Gasteiger partial charge is 0.493 e. The summed E-state index contributed by atoms with van der Waals surface area (Å²) in [6.07, 6.45) is 1.68. The zero-order chi connectivity index (χ0) is 22.0. The molecule has 0 saturated heterocycles. The summed E-state index contributed by atoms with van der Waals surface area (Å²) in [7, 11) is 3.17. The number of carbonyl (C=O) groups excluding carboxylic acids is 1. The SMILES string of the molecule is COc1cc2nccc(Oc3ccc4c(c3)OCCN4C(=O)NC(C)C)c2cc1OC. The lowest BCUT2D eigenvalue weighted by molar-refractivity contribution is 0.237. The number of nitrogens with zero attached hydrogens (tertiary/aromatic N) is 2. The molecule has 0 bridgehead atoms. The Labute approximate surface area is 180 Å². The molecule has 1 aromatic heterocycles. The van der Waals surface area contributed by atoms with Crippen molar-refractivity contribution in [2.45, 2.75) is 19.9 Å². The lowest BCUT2D eigenvalue weighted by Crippen LogP contribution is -2.46. The maximum Gasteiger partial charge on any atom is 0.322 e. The van der Waals surface area contributed by atoms with Crippen molar-refractivity contribution >= 4 is 22.6 Å². The number of rotatable bonds is 5. The fraction of sp³-hybridized carbons (Fsp3) is 0.304. The molecule has 4 rings (SSSR count). The number of nitrogens with one attached hydrogen (secondary N) is 1. The molecule has 0 atom stereocenters. The number of pyridine rings is 1. The van der Waals surface area contributed by atoms with Gasteiger partial charge in [-0.1, -0.05) is 0 Å². The van der Waals surface area contributed by atoms with Crippen LogP contribution < -0.4 is 29.2 Å². The van der Waals surface area contributed by atoms with Gasteiger partial charge in [-0.25, -0.2) is 4.79 Å². The average Bonchev–Trinajstić information content (AvgIpc) is 2.77. The van der Waals surface area contributed by atoms with Crippen LogP contribution in [0.3, 0.4) is 0 Å². The van der Waals surface area contributed by atoms with Crippen molar-refractivity contribution in [2.75, 3.05) is 32.3 Å². The van der Waals surface area contributed by atoms with Crippen molar-refractivity contribution in [1.82, 2.24) is 10.3 Å². The fourth-order valence-electron chi connectivity index (χ4n) is 3.46. The number of aromatic nitrogens is 1. The number of hydrogen-bond acceptors (Lipinski definition) is 6. The van der Waals surface area contributed by atoms with Gasteiger partial charge in [0.25, 0.3) is 0 Å². The van der Waals surface area contributed by atoms with Gasteiger partial charge >= 0.3 is 6.03 Å². The number of urea groups is 1. The van der Waals surface area contributed by atoms with E-state index in [4.69, 9.17) is 18.9 Å². The second kappa shape index (κ2) is 8.59. The van der Waals surface area contributed by atoms with Gasteiger partial charge in [0.2, 0.25) is 0 Å². The van der Waals surface area contributed by atoms with Gasteiger partial charge in [0.1, 0.15) is 23.9 Å². The smallest absolute Gasteiger partial charge is 0.322 e. The first kappa shape index (κ1) is 20.6. The third-order valence-corrected chi connectivity index (χ3v) is 4.89. The third kappa shape index (κ3) is 4.14. The molecule has 31 heavy (non-hydrogen) atoms. The third-order valence-electron chi connectivity index (χ3n) is 4.89. The Balaban J connectivity index is 1.65. The topological polar surface area (TPSA) is 82.2 Å². The molecule has 8 nitrogen and oxygen atoms in total. The van der Waals surface area contributed by atoms with Crippen LogP contribution >= 0.6 is 0 Å². The van der Waals surface area contributed by atoms with Crippen molar-refractivity contribution in [2.24, 2.45) is 0 Å². The molecule has 2 heterocycles. The first-order valence-electron chi connectivity index (χ1n) is 10.0. The van der Waals surface area contributed by atoms with Gasteiger partial charge in [-0.3, -0.25) is 9.88 Å². The Hall–Kier alpha value is -3.68. The summed E-state index contributed by atoms with van der Waals surface area (Å²) in [6.45, 7) is 4.76. The van der Waals surface area contributed by atoms with E-state index < -0.39 is 0 Å². The van der Waals surface area contributed by atoms with Gasteiger partial charge in [0.05, 0.1) is 32.0 Å². The van der Waals surface area contributed by atoms with E-state index in [-0.39, 0.29) is 12.1 Å². The van der Waals surface area contributed by atoms with E-state index in [9.17, 15) is 4.79 Å². The standard InChI is InChI=1S/C23H25N3O5/c1-14(2)25-23(27)26-9-10-30-20-11-15(5-6-18(20)26)31-19-7-8-24-17-13-22(29-4)21(28-3)12-16(17)19/h5-8,11-14H,9-10H2,1-4H3,(H,25,27). The molecule has 1 N–H and O–H groups in total. The predicted molar refractivity (Wildman–Crippen MR) is 118 cm³/mol. The number of ether oxygens (including phenoxy) is 4. The summed E-state index contributed by atoms with van der Waals surface area (Å²) in [5.41, 5.74) is 1.43. The molecule has 0 spiro atoms. The highest BCUT2D eigenvalue weighted by molar-refractivity contribution is 5.94. The lowest BCUT2D eigenvalue weighted by atomic mass is 10.1. The Morgan fingerprint density at radius 1 is 1.10 bits per heavy atom. The van der Waals surface area contributed by atoms with Crippen LogP contribution in [0, 0.1) is 0 Å². The molecule has 8 heteroatoms. The number of fused-ring (bicyclic) bond motifs is 2. The number of benzene rings is 2. The first-order valence-corrected chi connectivity index (χ1v) is 10.0. The highest BCUT2D eigenvalue weighted by Crippen LogP contribution is 2.39. The molecule has 0 saturated carbocycles. The van der Waals surface area contributed by atoms with E-state index in [0.29, 0.717) is 47.6 Å². The molecule has 2 aromatic carbocycles. The predicted octanol–water partition coefficient (Wildman–Crippen LogP) is 4.36. The minimum atomic E-state index is -0.144. The van der Waals surface area contributed by atoms with Gasteiger partial charge in [-0.15, -0.1) is 0 Å². The highest BCUT2D eigenvalue weighted by Gasteiger charge is 2.24. The van der Waals surface area contributed by atoms with Crippen LogP contribution in [0.25, 0.3) is 10.9 Å². The quantitative estimate of drug-likeness (QED) is 0.657. The second-order valence-corrected chi connectivity index (χ2v) is 7.37. The average molecular weight is 423 g/mol. The summed E-state index contributed by atoms with van der Waals surface area (Å²) in [6, 6.07) is 10.8. The van der Waals surface area contributed by atoms with Crippen LogP contribution in [0.4, 0.5) is 10.5 Å². The number of amides is 2. The maximum absolute atomic E-state index is 12.5. The lowest BCUT2D eigenvalue weighted by Gasteiger charge is -2.30. The van der Waals surface area contributed by atoms with E-state index in [1.807, 2.05) is 38.1 Å². The highest BCUT2D eigenvalue weighted by atomic mass is 16.5. The molecule has 1 aliphatic heterocycles. The van der Waals surface area contributed by atoms with Crippen LogP contribution in [0.1, 0.15) is 13.8 Å². The van der Waals surface area contributed by atoms with Gasteiger partial charge in [-0.05, 0) is 38.1 Å². The van der Waals surface area contributed by atoms with Crippen LogP contribution in [0.15, 0.2) is 42.6 Å². The maximum atomic E-state index is 12.5. The molecule has 0 unspecified atom stereocenters. The number of anilines is 1. The molecule has 0 aliphatic carbocycles. The molecule has 0 radical (unpaired) electrons. The Kier molecular flexibility index (Phi) is 5.70. The van der Waals surface area contributed by atoms with Crippen molar-refractivity contribution < 1.29 is 23.7 Å². The van der Waals surface area contributed by atoms with E-state index in [1.165, 1.54) is 0 Å². The van der Waals surface area contributed by atoms with Crippen LogP contribution in [-0.4, -0.2) is 44.4 Å². The van der Waals surface area contributed by atoms with Crippen LogP contribution in [0.5, 0.6) is 28.7 Å². The normalized spacial score (nSPS) is 12.9. The summed E-state index contributed by atoms with van der Waals surface area (Å²) in [5.74, 6) is 3.00. The number of hydrogen-bond donors (Lipinski definition) is 1. The molecule has 162 valence electrons. The number of methoxy groups -OCH3 is 2. The monoisotopic (exact) mass is 423 g/mol. The van der Waals surface area contributed by atoms with Gasteiger partial charge in [0, 0.05) is 29.8 Å². The Morgan fingerprint density at radius 3 is 2.61 bits per heavy atom. The summed E-state index contributed by atoms with van der Waals surface area (Å²) in [5, 5.41) is 3.71. The molecule has 2 amide bonds. The van der Waals surface area contributed by atoms with Crippen molar-refractivity contribution in [1.29, 1.82) is 0 Å². The summed E-state index contributed by atoms with van der Waals surface area (Å²) >= 11 is 0. The van der Waals surface area contributed by atoms with Gasteiger partial charge in [-0.2, -0.15) is 0 Å². The number of carbonyl (C=O) groups is 1. The van der Waals surface area contributed by atoms with Crippen molar-refractivity contribution in [3.8, 4) is 28.7 Å². The fourth-order valence-corrected chi connectivity index (χ4v) is 3.46.